The number of benzene rings is 2. The molecule has 3 nitrogen and oxygen atoms in total. The summed E-state index contributed by atoms with van der Waals surface area (Å²) in [5.41, 5.74) is 1.13. The molecule has 1 aliphatic heterocycles. The highest BCUT2D eigenvalue weighted by Crippen LogP contribution is 2.33. The van der Waals surface area contributed by atoms with Gasteiger partial charge in [0, 0.05) is 30.7 Å². The van der Waals surface area contributed by atoms with Gasteiger partial charge >= 0.3 is 0 Å². The molecule has 148 valence electrons. The Morgan fingerprint density at radius 2 is 1.78 bits per heavy atom. The average molecular weight is 431 g/mol. The van der Waals surface area contributed by atoms with E-state index in [4.69, 9.17) is 27.9 Å². The predicted octanol–water partition coefficient (Wildman–Crippen LogP) is 5.63. The number of halogens is 3. The van der Waals surface area contributed by atoms with Gasteiger partial charge in [-0.3, -0.25) is 0 Å². The van der Waals surface area contributed by atoms with E-state index in [0.717, 1.165) is 44.5 Å². The quantitative estimate of drug-likeness (QED) is 0.618. The number of nitrogens with zero attached hydrogens (tertiary/aromatic N) is 1. The molecule has 1 saturated heterocycles. The monoisotopic (exact) mass is 429 g/mol. The highest BCUT2D eigenvalue weighted by Gasteiger charge is 2.21. The minimum absolute atomic E-state index is 0. The van der Waals surface area contributed by atoms with E-state index in [0.29, 0.717) is 28.3 Å². The first-order valence-corrected chi connectivity index (χ1v) is 9.91. The number of rotatable bonds is 7. The fourth-order valence-electron chi connectivity index (χ4n) is 3.37. The van der Waals surface area contributed by atoms with Crippen LogP contribution in [0.3, 0.4) is 0 Å². The molecule has 27 heavy (non-hydrogen) atoms. The van der Waals surface area contributed by atoms with Gasteiger partial charge in [-0.25, -0.2) is 0 Å². The summed E-state index contributed by atoms with van der Waals surface area (Å²) in [6.45, 7) is 3.32. The summed E-state index contributed by atoms with van der Waals surface area (Å²) < 4.78 is 6.26. The van der Waals surface area contributed by atoms with Crippen LogP contribution in [0.1, 0.15) is 30.9 Å². The maximum atomic E-state index is 9.29. The van der Waals surface area contributed by atoms with E-state index in [9.17, 15) is 5.11 Å². The van der Waals surface area contributed by atoms with Crippen molar-refractivity contribution in [3.8, 4) is 5.75 Å². The predicted molar refractivity (Wildman–Crippen MR) is 114 cm³/mol. The lowest BCUT2D eigenvalue weighted by molar-refractivity contribution is 0.112. The third-order valence-corrected chi connectivity index (χ3v) is 5.55. The fraction of sp³-hybridized carbons (Fsp3) is 0.429. The van der Waals surface area contributed by atoms with Crippen LogP contribution in [0.4, 0.5) is 0 Å². The van der Waals surface area contributed by atoms with Crippen molar-refractivity contribution in [2.45, 2.75) is 25.4 Å². The summed E-state index contributed by atoms with van der Waals surface area (Å²) in [4.78, 5) is 2.45. The SMILES string of the molecule is Cl.OCC1CCN(CC[C@@H](Oc2cc(Cl)ccc2Cl)c2ccccc2)CC1. The van der Waals surface area contributed by atoms with Crippen LogP contribution < -0.4 is 4.74 Å². The Morgan fingerprint density at radius 1 is 1.07 bits per heavy atom. The molecular formula is C21H26Cl3NO2. The van der Waals surface area contributed by atoms with Crippen LogP contribution in [0.15, 0.2) is 48.5 Å². The summed E-state index contributed by atoms with van der Waals surface area (Å²) in [7, 11) is 0. The Kier molecular flexibility index (Phi) is 9.20. The Hall–Kier alpha value is -0.970. The lowest BCUT2D eigenvalue weighted by Gasteiger charge is -2.32. The van der Waals surface area contributed by atoms with Gasteiger partial charge < -0.3 is 14.7 Å². The molecule has 0 radical (unpaired) electrons. The molecule has 1 fully saturated rings. The number of hydrogen-bond donors (Lipinski definition) is 1. The van der Waals surface area contributed by atoms with Gasteiger partial charge in [-0.1, -0.05) is 53.5 Å². The van der Waals surface area contributed by atoms with Gasteiger partial charge in [0.15, 0.2) is 0 Å². The summed E-state index contributed by atoms with van der Waals surface area (Å²) in [5, 5.41) is 10.5. The maximum Gasteiger partial charge on any atom is 0.140 e. The summed E-state index contributed by atoms with van der Waals surface area (Å²) in [5.74, 6) is 1.07. The number of aliphatic hydroxyl groups is 1. The van der Waals surface area contributed by atoms with Crippen molar-refractivity contribution in [3.05, 3.63) is 64.1 Å². The molecule has 0 unspecified atom stereocenters. The largest absolute Gasteiger partial charge is 0.484 e. The van der Waals surface area contributed by atoms with Gasteiger partial charge in [-0.15, -0.1) is 12.4 Å². The first-order chi connectivity index (χ1) is 12.7. The molecule has 0 bridgehead atoms. The van der Waals surface area contributed by atoms with E-state index in [1.807, 2.05) is 18.2 Å². The number of ether oxygens (including phenoxy) is 1. The second-order valence-corrected chi connectivity index (χ2v) is 7.69. The Balaban J connectivity index is 0.00000261. The summed E-state index contributed by atoms with van der Waals surface area (Å²) in [6, 6.07) is 15.5. The van der Waals surface area contributed by atoms with Gasteiger partial charge in [0.2, 0.25) is 0 Å². The van der Waals surface area contributed by atoms with E-state index in [2.05, 4.69) is 17.0 Å². The molecule has 0 amide bonds. The second kappa shape index (κ2) is 11.1. The number of piperidine rings is 1. The second-order valence-electron chi connectivity index (χ2n) is 6.85. The Bertz CT molecular complexity index is 691. The zero-order valence-corrected chi connectivity index (χ0v) is 17.5. The number of likely N-dealkylation sites (tertiary alicyclic amines) is 1. The molecule has 1 atom stereocenters. The van der Waals surface area contributed by atoms with Crippen LogP contribution in [0.5, 0.6) is 5.75 Å². The highest BCUT2D eigenvalue weighted by molar-refractivity contribution is 6.34. The van der Waals surface area contributed by atoms with Gasteiger partial charge in [0.25, 0.3) is 0 Å². The van der Waals surface area contributed by atoms with Gasteiger partial charge in [0.05, 0.1) is 5.02 Å². The maximum absolute atomic E-state index is 9.29. The lowest BCUT2D eigenvalue weighted by Crippen LogP contribution is -2.36. The minimum atomic E-state index is -0.0808. The van der Waals surface area contributed by atoms with Gasteiger partial charge in [-0.05, 0) is 49.5 Å². The van der Waals surface area contributed by atoms with Crippen LogP contribution in [-0.4, -0.2) is 36.2 Å². The molecule has 1 heterocycles. The molecule has 1 N–H and O–H groups in total. The van der Waals surface area contributed by atoms with Crippen molar-refractivity contribution in [1.82, 2.24) is 4.90 Å². The number of aliphatic hydroxyl groups excluding tert-OH is 1. The first-order valence-electron chi connectivity index (χ1n) is 9.15. The van der Waals surface area contributed by atoms with Crippen LogP contribution in [0.2, 0.25) is 10.0 Å². The molecule has 6 heteroatoms. The van der Waals surface area contributed by atoms with Crippen LogP contribution in [-0.2, 0) is 0 Å². The molecule has 3 rings (SSSR count). The Morgan fingerprint density at radius 3 is 2.44 bits per heavy atom. The van der Waals surface area contributed by atoms with Crippen molar-refractivity contribution in [2.24, 2.45) is 5.92 Å². The van der Waals surface area contributed by atoms with Crippen LogP contribution >= 0.6 is 35.6 Å². The molecule has 0 saturated carbocycles. The zero-order valence-electron chi connectivity index (χ0n) is 15.2. The molecular weight excluding hydrogens is 405 g/mol. The van der Waals surface area contributed by atoms with E-state index in [-0.39, 0.29) is 18.5 Å². The lowest BCUT2D eigenvalue weighted by atomic mass is 9.97. The summed E-state index contributed by atoms with van der Waals surface area (Å²) in [6.07, 6.45) is 2.92. The molecule has 0 aromatic heterocycles. The zero-order chi connectivity index (χ0) is 18.4. The first kappa shape index (κ1) is 22.3. The van der Waals surface area contributed by atoms with Crippen LogP contribution in [0, 0.1) is 5.92 Å². The fourth-order valence-corrected chi connectivity index (χ4v) is 3.70. The van der Waals surface area contributed by atoms with Gasteiger partial charge in [-0.2, -0.15) is 0 Å². The van der Waals surface area contributed by atoms with E-state index >= 15 is 0 Å². The normalized spacial score (nSPS) is 16.6. The smallest absolute Gasteiger partial charge is 0.140 e. The molecule has 0 spiro atoms. The van der Waals surface area contributed by atoms with Crippen molar-refractivity contribution >= 4 is 35.6 Å². The Labute approximate surface area is 177 Å². The number of hydrogen-bond acceptors (Lipinski definition) is 3. The molecule has 0 aliphatic carbocycles. The van der Waals surface area contributed by atoms with Gasteiger partial charge in [0.1, 0.15) is 11.9 Å². The van der Waals surface area contributed by atoms with Crippen molar-refractivity contribution in [2.75, 3.05) is 26.2 Å². The summed E-state index contributed by atoms with van der Waals surface area (Å²) >= 11 is 12.4. The molecule has 2 aromatic rings. The molecule has 1 aliphatic rings. The third-order valence-electron chi connectivity index (χ3n) is 5.01. The van der Waals surface area contributed by atoms with Crippen molar-refractivity contribution in [3.63, 3.8) is 0 Å². The third kappa shape index (κ3) is 6.55. The standard InChI is InChI=1S/C21H25Cl2NO2.ClH/c22-18-6-7-19(23)21(14-18)26-20(17-4-2-1-3-5-17)10-13-24-11-8-16(15-25)9-12-24;/h1-7,14,16,20,25H,8-13,15H2;1H/t20-;/m1./s1. The van der Waals surface area contributed by atoms with E-state index in [1.165, 1.54) is 0 Å². The highest BCUT2D eigenvalue weighted by atomic mass is 35.5. The van der Waals surface area contributed by atoms with Crippen molar-refractivity contribution in [1.29, 1.82) is 0 Å². The minimum Gasteiger partial charge on any atom is -0.484 e. The average Bonchev–Trinajstić information content (AvgIpc) is 2.69. The van der Waals surface area contributed by atoms with E-state index < -0.39 is 0 Å². The van der Waals surface area contributed by atoms with Crippen molar-refractivity contribution < 1.29 is 9.84 Å². The topological polar surface area (TPSA) is 32.7 Å². The molecule has 2 aromatic carbocycles. The van der Waals surface area contributed by atoms with Crippen LogP contribution in [0.25, 0.3) is 0 Å². The van der Waals surface area contributed by atoms with E-state index in [1.54, 1.807) is 18.2 Å².